The second-order valence-corrected chi connectivity index (χ2v) is 5.89. The number of carbonyl (C=O) groups is 1. The first-order valence-electron chi connectivity index (χ1n) is 6.81. The zero-order valence-electron chi connectivity index (χ0n) is 11.9. The van der Waals surface area contributed by atoms with Crippen LogP contribution < -0.4 is 11.1 Å². The number of nitrogens with two attached hydrogens (primary N) is 1. The number of rotatable bonds is 2. The number of carbonyl (C=O) groups excluding carboxylic acids is 1. The van der Waals surface area contributed by atoms with Crippen LogP contribution in [0.3, 0.4) is 0 Å². The van der Waals surface area contributed by atoms with Gasteiger partial charge in [0.25, 0.3) is 0 Å². The van der Waals surface area contributed by atoms with Gasteiger partial charge in [0.1, 0.15) is 0 Å². The Labute approximate surface area is 128 Å². The highest BCUT2D eigenvalue weighted by Crippen LogP contribution is 2.28. The van der Waals surface area contributed by atoms with Crippen LogP contribution in [0.5, 0.6) is 0 Å². The Morgan fingerprint density at radius 2 is 1.89 bits per heavy atom. The maximum atomic E-state index is 12.2. The molecule has 19 heavy (non-hydrogen) atoms. The molecule has 0 aromatic rings. The number of halogens is 2. The predicted molar refractivity (Wildman–Crippen MR) is 83.1 cm³/mol. The van der Waals surface area contributed by atoms with Crippen LogP contribution in [-0.4, -0.2) is 42.0 Å². The quantitative estimate of drug-likeness (QED) is 0.816. The van der Waals surface area contributed by atoms with Crippen LogP contribution >= 0.6 is 24.8 Å². The van der Waals surface area contributed by atoms with E-state index in [-0.39, 0.29) is 30.7 Å². The molecular weight excluding hydrogens is 285 g/mol. The fourth-order valence-corrected chi connectivity index (χ4v) is 2.98. The summed E-state index contributed by atoms with van der Waals surface area (Å²) in [4.78, 5) is 14.5. The van der Waals surface area contributed by atoms with E-state index in [4.69, 9.17) is 5.73 Å². The van der Waals surface area contributed by atoms with E-state index in [0.29, 0.717) is 12.1 Å². The molecule has 1 saturated carbocycles. The van der Waals surface area contributed by atoms with Crippen LogP contribution in [0.1, 0.15) is 45.4 Å². The van der Waals surface area contributed by atoms with Gasteiger partial charge in [-0.1, -0.05) is 12.8 Å². The van der Waals surface area contributed by atoms with Gasteiger partial charge >= 0.3 is 0 Å². The summed E-state index contributed by atoms with van der Waals surface area (Å²) in [5.41, 5.74) is 5.58. The second-order valence-electron chi connectivity index (χ2n) is 5.89. The van der Waals surface area contributed by atoms with Crippen LogP contribution in [0, 0.1) is 0 Å². The Bertz CT molecular complexity index is 296. The summed E-state index contributed by atoms with van der Waals surface area (Å²) in [5, 5.41) is 3.16. The van der Waals surface area contributed by atoms with Gasteiger partial charge in [-0.3, -0.25) is 4.79 Å². The SMILES string of the molecule is CC1CC(NC(=O)C2(N)CCCC2)CCN1C.Cl.Cl. The molecule has 2 fully saturated rings. The summed E-state index contributed by atoms with van der Waals surface area (Å²) in [6.07, 6.45) is 5.96. The highest BCUT2D eigenvalue weighted by atomic mass is 35.5. The van der Waals surface area contributed by atoms with Gasteiger partial charge < -0.3 is 16.0 Å². The number of likely N-dealkylation sites (tertiary alicyclic amines) is 1. The lowest BCUT2D eigenvalue weighted by Gasteiger charge is -2.36. The van der Waals surface area contributed by atoms with Crippen molar-refractivity contribution in [2.24, 2.45) is 5.73 Å². The molecule has 0 spiro atoms. The zero-order valence-corrected chi connectivity index (χ0v) is 13.5. The van der Waals surface area contributed by atoms with E-state index < -0.39 is 5.54 Å². The van der Waals surface area contributed by atoms with Gasteiger partial charge in [0, 0.05) is 18.6 Å². The maximum absolute atomic E-state index is 12.2. The molecule has 3 N–H and O–H groups in total. The van der Waals surface area contributed by atoms with E-state index in [0.717, 1.165) is 45.1 Å². The number of hydrogen-bond acceptors (Lipinski definition) is 3. The predicted octanol–water partition coefficient (Wildman–Crippen LogP) is 1.70. The van der Waals surface area contributed by atoms with Crippen molar-refractivity contribution in [2.45, 2.75) is 63.1 Å². The van der Waals surface area contributed by atoms with E-state index in [2.05, 4.69) is 24.2 Å². The largest absolute Gasteiger partial charge is 0.352 e. The molecule has 1 heterocycles. The molecule has 1 aliphatic heterocycles. The van der Waals surface area contributed by atoms with Crippen molar-refractivity contribution < 1.29 is 4.79 Å². The van der Waals surface area contributed by atoms with E-state index in [1.165, 1.54) is 0 Å². The molecule has 0 radical (unpaired) electrons. The summed E-state index contributed by atoms with van der Waals surface area (Å²) in [6.45, 7) is 3.27. The van der Waals surface area contributed by atoms with Gasteiger partial charge in [0.2, 0.25) is 5.91 Å². The minimum atomic E-state index is -0.577. The van der Waals surface area contributed by atoms with Crippen LogP contribution in [0.15, 0.2) is 0 Å². The van der Waals surface area contributed by atoms with Gasteiger partial charge in [-0.05, 0) is 39.7 Å². The highest BCUT2D eigenvalue weighted by Gasteiger charge is 2.38. The van der Waals surface area contributed by atoms with Gasteiger partial charge in [0.05, 0.1) is 5.54 Å². The van der Waals surface area contributed by atoms with Gasteiger partial charge in [-0.15, -0.1) is 24.8 Å². The van der Waals surface area contributed by atoms with Crippen molar-refractivity contribution in [3.05, 3.63) is 0 Å². The number of nitrogens with zero attached hydrogens (tertiary/aromatic N) is 1. The molecule has 2 unspecified atom stereocenters. The molecule has 0 aromatic heterocycles. The molecule has 4 nitrogen and oxygen atoms in total. The molecule has 1 saturated heterocycles. The first-order chi connectivity index (χ1) is 8.01. The summed E-state index contributed by atoms with van der Waals surface area (Å²) >= 11 is 0. The molecule has 6 heteroatoms. The minimum absolute atomic E-state index is 0. The Kier molecular flexibility index (Phi) is 7.66. The smallest absolute Gasteiger partial charge is 0.240 e. The van der Waals surface area contributed by atoms with Crippen molar-refractivity contribution in [1.29, 1.82) is 0 Å². The lowest BCUT2D eigenvalue weighted by Crippen LogP contribution is -2.56. The second kappa shape index (κ2) is 7.67. The van der Waals surface area contributed by atoms with Crippen molar-refractivity contribution in [1.82, 2.24) is 10.2 Å². The van der Waals surface area contributed by atoms with Crippen molar-refractivity contribution in [3.8, 4) is 0 Å². The maximum Gasteiger partial charge on any atom is 0.240 e. The molecule has 2 atom stereocenters. The topological polar surface area (TPSA) is 58.4 Å². The zero-order chi connectivity index (χ0) is 12.5. The Hall–Kier alpha value is -0.0300. The first kappa shape index (κ1) is 19.0. The molecular formula is C13H27Cl2N3O. The van der Waals surface area contributed by atoms with Crippen LogP contribution in [0.2, 0.25) is 0 Å². The Balaban J connectivity index is 0.00000162. The number of nitrogens with one attached hydrogen (secondary N) is 1. The number of amides is 1. The molecule has 114 valence electrons. The molecule has 1 aliphatic carbocycles. The third kappa shape index (κ3) is 4.48. The standard InChI is InChI=1S/C13H25N3O.2ClH/c1-10-9-11(5-8-16(10)2)15-12(17)13(14)6-3-4-7-13;;/h10-11H,3-9,14H2,1-2H3,(H,15,17);2*1H. The molecule has 1 amide bonds. The highest BCUT2D eigenvalue weighted by molar-refractivity contribution is 5.86. The summed E-state index contributed by atoms with van der Waals surface area (Å²) in [7, 11) is 2.14. The van der Waals surface area contributed by atoms with E-state index >= 15 is 0 Å². The fraction of sp³-hybridized carbons (Fsp3) is 0.923. The third-order valence-corrected chi connectivity index (χ3v) is 4.49. The first-order valence-corrected chi connectivity index (χ1v) is 6.81. The Morgan fingerprint density at radius 1 is 1.32 bits per heavy atom. The monoisotopic (exact) mass is 311 g/mol. The third-order valence-electron chi connectivity index (χ3n) is 4.49. The van der Waals surface area contributed by atoms with Crippen LogP contribution in [0.25, 0.3) is 0 Å². The summed E-state index contributed by atoms with van der Waals surface area (Å²) in [6, 6.07) is 0.862. The molecule has 2 rings (SSSR count). The number of hydrogen-bond donors (Lipinski definition) is 2. The molecule has 2 aliphatic rings. The van der Waals surface area contributed by atoms with Crippen molar-refractivity contribution in [2.75, 3.05) is 13.6 Å². The molecule has 0 bridgehead atoms. The molecule has 0 aromatic carbocycles. The Morgan fingerprint density at radius 3 is 2.42 bits per heavy atom. The van der Waals surface area contributed by atoms with Gasteiger partial charge in [-0.25, -0.2) is 0 Å². The van der Waals surface area contributed by atoms with Crippen LogP contribution in [0.4, 0.5) is 0 Å². The van der Waals surface area contributed by atoms with Crippen molar-refractivity contribution >= 4 is 30.7 Å². The van der Waals surface area contributed by atoms with E-state index in [1.54, 1.807) is 0 Å². The van der Waals surface area contributed by atoms with Gasteiger partial charge in [0.15, 0.2) is 0 Å². The normalized spacial score (nSPS) is 30.1. The van der Waals surface area contributed by atoms with Crippen LogP contribution in [-0.2, 0) is 4.79 Å². The average molecular weight is 312 g/mol. The average Bonchev–Trinajstić information content (AvgIpc) is 2.72. The van der Waals surface area contributed by atoms with Gasteiger partial charge in [-0.2, -0.15) is 0 Å². The summed E-state index contributed by atoms with van der Waals surface area (Å²) < 4.78 is 0. The lowest BCUT2D eigenvalue weighted by atomic mass is 9.94. The fourth-order valence-electron chi connectivity index (χ4n) is 2.98. The van der Waals surface area contributed by atoms with E-state index in [9.17, 15) is 4.79 Å². The minimum Gasteiger partial charge on any atom is -0.352 e. The summed E-state index contributed by atoms with van der Waals surface area (Å²) in [5.74, 6) is 0.0803. The lowest BCUT2D eigenvalue weighted by molar-refractivity contribution is -0.127. The van der Waals surface area contributed by atoms with Crippen molar-refractivity contribution in [3.63, 3.8) is 0 Å². The number of piperidine rings is 1. The van der Waals surface area contributed by atoms with E-state index in [1.807, 2.05) is 0 Å².